The molecule has 3 N–H and O–H groups in total. The molecule has 5 nitrogen and oxygen atoms in total. The number of ether oxygens (including phenoxy) is 1. The molecule has 5 heteroatoms. The number of nitrogens with zero attached hydrogens (tertiary/aromatic N) is 2. The van der Waals surface area contributed by atoms with Crippen LogP contribution in [0.1, 0.15) is 35.6 Å². The summed E-state index contributed by atoms with van der Waals surface area (Å²) >= 11 is 0. The van der Waals surface area contributed by atoms with Gasteiger partial charge in [0.15, 0.2) is 5.82 Å². The van der Waals surface area contributed by atoms with E-state index in [4.69, 9.17) is 15.6 Å². The summed E-state index contributed by atoms with van der Waals surface area (Å²) < 4.78 is 5.46. The largest absolute Gasteiger partial charge is 0.376 e. The summed E-state index contributed by atoms with van der Waals surface area (Å²) in [6.07, 6.45) is 3.44. The molecule has 1 aromatic heterocycles. The first-order chi connectivity index (χ1) is 10.3. The van der Waals surface area contributed by atoms with Gasteiger partial charge in [0.2, 0.25) is 0 Å². The van der Waals surface area contributed by atoms with Gasteiger partial charge in [-0.1, -0.05) is 24.3 Å². The van der Waals surface area contributed by atoms with Crippen LogP contribution in [0.4, 0.5) is 5.82 Å². The molecule has 108 valence electrons. The molecule has 21 heavy (non-hydrogen) atoms. The minimum atomic E-state index is 0.524. The summed E-state index contributed by atoms with van der Waals surface area (Å²) in [5.74, 6) is 7.76. The third-order valence-corrected chi connectivity index (χ3v) is 4.18. The molecule has 1 fully saturated rings. The number of rotatable bonds is 3. The third-order valence-electron chi connectivity index (χ3n) is 4.18. The number of hydrogen-bond acceptors (Lipinski definition) is 5. The van der Waals surface area contributed by atoms with Gasteiger partial charge in [-0.3, -0.25) is 0 Å². The van der Waals surface area contributed by atoms with E-state index in [1.807, 2.05) is 0 Å². The molecule has 2 aromatic rings. The fourth-order valence-electron chi connectivity index (χ4n) is 2.80. The van der Waals surface area contributed by atoms with Crippen molar-refractivity contribution in [1.82, 2.24) is 9.97 Å². The summed E-state index contributed by atoms with van der Waals surface area (Å²) in [5, 5.41) is 0. The number of benzene rings is 1. The van der Waals surface area contributed by atoms with E-state index in [0.717, 1.165) is 35.0 Å². The smallest absolute Gasteiger partial charge is 0.161 e. The minimum Gasteiger partial charge on any atom is -0.376 e. The zero-order valence-electron chi connectivity index (χ0n) is 11.8. The maximum absolute atomic E-state index is 5.60. The van der Waals surface area contributed by atoms with E-state index in [1.165, 1.54) is 18.4 Å². The van der Waals surface area contributed by atoms with Gasteiger partial charge in [-0.25, -0.2) is 15.8 Å². The van der Waals surface area contributed by atoms with Crippen molar-refractivity contribution in [3.8, 4) is 11.4 Å². The van der Waals surface area contributed by atoms with Crippen LogP contribution in [0.25, 0.3) is 11.4 Å². The lowest BCUT2D eigenvalue weighted by molar-refractivity contribution is 0.109. The maximum Gasteiger partial charge on any atom is 0.161 e. The van der Waals surface area contributed by atoms with Gasteiger partial charge in [0, 0.05) is 17.5 Å². The van der Waals surface area contributed by atoms with Crippen LogP contribution < -0.4 is 11.3 Å². The number of aromatic nitrogens is 2. The second kappa shape index (κ2) is 5.09. The predicted octanol–water partition coefficient (Wildman–Crippen LogP) is 2.38. The Balaban J connectivity index is 1.73. The van der Waals surface area contributed by atoms with Gasteiger partial charge in [0.25, 0.3) is 0 Å². The van der Waals surface area contributed by atoms with Crippen LogP contribution in [0.2, 0.25) is 0 Å². The third kappa shape index (κ3) is 2.39. The standard InChI is InChI=1S/C16H18N4O/c17-20-16-13-9-21-8-7-14(13)18-15(19-16)12-5-3-11(4-6-12)10-1-2-10/h3-6,10H,1-2,7-9,17H2,(H,18,19,20). The number of fused-ring (bicyclic) bond motifs is 1. The first-order valence-corrected chi connectivity index (χ1v) is 7.39. The zero-order valence-corrected chi connectivity index (χ0v) is 11.8. The first-order valence-electron chi connectivity index (χ1n) is 7.39. The Labute approximate surface area is 123 Å². The molecule has 1 aliphatic carbocycles. The van der Waals surface area contributed by atoms with Gasteiger partial charge in [-0.15, -0.1) is 0 Å². The van der Waals surface area contributed by atoms with E-state index in [2.05, 4.69) is 34.7 Å². The summed E-state index contributed by atoms with van der Waals surface area (Å²) in [7, 11) is 0. The summed E-state index contributed by atoms with van der Waals surface area (Å²) in [4.78, 5) is 9.23. The molecule has 0 radical (unpaired) electrons. The quantitative estimate of drug-likeness (QED) is 0.668. The molecule has 1 aromatic carbocycles. The number of hydrazine groups is 1. The number of nitrogen functional groups attached to an aromatic ring is 1. The Bertz CT molecular complexity index is 647. The number of hydrogen-bond donors (Lipinski definition) is 2. The van der Waals surface area contributed by atoms with E-state index >= 15 is 0 Å². The summed E-state index contributed by atoms with van der Waals surface area (Å²) in [6, 6.07) is 8.59. The highest BCUT2D eigenvalue weighted by molar-refractivity contribution is 5.60. The lowest BCUT2D eigenvalue weighted by atomic mass is 10.1. The van der Waals surface area contributed by atoms with Gasteiger partial charge >= 0.3 is 0 Å². The normalized spacial score (nSPS) is 17.4. The van der Waals surface area contributed by atoms with Crippen LogP contribution in [0.3, 0.4) is 0 Å². The van der Waals surface area contributed by atoms with Gasteiger partial charge in [-0.2, -0.15) is 0 Å². The summed E-state index contributed by atoms with van der Waals surface area (Å²) in [6.45, 7) is 1.23. The Morgan fingerprint density at radius 2 is 1.95 bits per heavy atom. The molecule has 2 heterocycles. The van der Waals surface area contributed by atoms with Crippen molar-refractivity contribution < 1.29 is 4.74 Å². The van der Waals surface area contributed by atoms with E-state index in [-0.39, 0.29) is 0 Å². The molecule has 0 amide bonds. The molecule has 0 unspecified atom stereocenters. The lowest BCUT2D eigenvalue weighted by Gasteiger charge is -2.19. The average Bonchev–Trinajstić information content (AvgIpc) is 3.39. The highest BCUT2D eigenvalue weighted by atomic mass is 16.5. The van der Waals surface area contributed by atoms with Crippen LogP contribution in [0, 0.1) is 0 Å². The van der Waals surface area contributed by atoms with Crippen LogP contribution in [0.15, 0.2) is 24.3 Å². The van der Waals surface area contributed by atoms with E-state index in [1.54, 1.807) is 0 Å². The SMILES string of the molecule is NNc1nc(-c2ccc(C3CC3)cc2)nc2c1COCC2. The molecular weight excluding hydrogens is 264 g/mol. The molecule has 4 rings (SSSR count). The van der Waals surface area contributed by atoms with Gasteiger partial charge in [-0.05, 0) is 24.3 Å². The predicted molar refractivity (Wildman–Crippen MR) is 80.6 cm³/mol. The molecule has 0 spiro atoms. The average molecular weight is 282 g/mol. The fourth-order valence-corrected chi connectivity index (χ4v) is 2.80. The molecule has 1 saturated carbocycles. The molecule has 0 saturated heterocycles. The molecule has 1 aliphatic heterocycles. The van der Waals surface area contributed by atoms with Crippen LogP contribution in [-0.2, 0) is 17.8 Å². The van der Waals surface area contributed by atoms with Crippen molar-refractivity contribution >= 4 is 5.82 Å². The van der Waals surface area contributed by atoms with Gasteiger partial charge in [0.1, 0.15) is 5.82 Å². The van der Waals surface area contributed by atoms with E-state index < -0.39 is 0 Å². The number of anilines is 1. The Kier molecular flexibility index (Phi) is 3.09. The van der Waals surface area contributed by atoms with E-state index in [0.29, 0.717) is 19.0 Å². The van der Waals surface area contributed by atoms with Crippen molar-refractivity contribution in [2.24, 2.45) is 5.84 Å². The fraction of sp³-hybridized carbons (Fsp3) is 0.375. The van der Waals surface area contributed by atoms with Crippen LogP contribution in [0.5, 0.6) is 0 Å². The molecule has 0 atom stereocenters. The molecule has 2 aliphatic rings. The van der Waals surface area contributed by atoms with Crippen LogP contribution >= 0.6 is 0 Å². The van der Waals surface area contributed by atoms with Crippen molar-refractivity contribution in [2.45, 2.75) is 31.8 Å². The maximum atomic E-state index is 5.60. The minimum absolute atomic E-state index is 0.524. The molecule has 0 bridgehead atoms. The second-order valence-corrected chi connectivity index (χ2v) is 5.66. The Hall–Kier alpha value is -1.98. The Morgan fingerprint density at radius 3 is 2.67 bits per heavy atom. The molecular formula is C16H18N4O. The van der Waals surface area contributed by atoms with E-state index in [9.17, 15) is 0 Å². The zero-order chi connectivity index (χ0) is 14.2. The van der Waals surface area contributed by atoms with Crippen molar-refractivity contribution in [3.63, 3.8) is 0 Å². The highest BCUT2D eigenvalue weighted by Gasteiger charge is 2.23. The second-order valence-electron chi connectivity index (χ2n) is 5.66. The topological polar surface area (TPSA) is 73.1 Å². The lowest BCUT2D eigenvalue weighted by Crippen LogP contribution is -2.19. The Morgan fingerprint density at radius 1 is 1.14 bits per heavy atom. The number of nitrogens with one attached hydrogen (secondary N) is 1. The highest BCUT2D eigenvalue weighted by Crippen LogP contribution is 2.40. The monoisotopic (exact) mass is 282 g/mol. The first kappa shape index (κ1) is 12.7. The van der Waals surface area contributed by atoms with Crippen molar-refractivity contribution in [3.05, 3.63) is 41.1 Å². The van der Waals surface area contributed by atoms with Gasteiger partial charge in [0.05, 0.1) is 18.9 Å². The summed E-state index contributed by atoms with van der Waals surface area (Å²) in [5.41, 5.74) is 7.13. The van der Waals surface area contributed by atoms with Crippen molar-refractivity contribution in [1.29, 1.82) is 0 Å². The van der Waals surface area contributed by atoms with Crippen molar-refractivity contribution in [2.75, 3.05) is 12.0 Å². The van der Waals surface area contributed by atoms with Gasteiger partial charge < -0.3 is 10.2 Å². The number of nitrogens with two attached hydrogens (primary N) is 1. The van der Waals surface area contributed by atoms with Crippen LogP contribution in [-0.4, -0.2) is 16.6 Å².